The van der Waals surface area contributed by atoms with Crippen LogP contribution in [0.1, 0.15) is 13.3 Å². The Morgan fingerprint density at radius 2 is 1.75 bits per heavy atom. The average molecular weight is 317 g/mol. The van der Waals surface area contributed by atoms with E-state index in [-0.39, 0.29) is 5.28 Å². The molecule has 0 saturated carbocycles. The zero-order valence-corrected chi connectivity index (χ0v) is 13.3. The summed E-state index contributed by atoms with van der Waals surface area (Å²) in [6.45, 7) is 7.05. The smallest absolute Gasteiger partial charge is 0.228 e. The Hall–Kier alpha value is -0.790. The fourth-order valence-electron chi connectivity index (χ4n) is 1.90. The summed E-state index contributed by atoms with van der Waals surface area (Å²) in [7, 11) is 0. The van der Waals surface area contributed by atoms with Gasteiger partial charge in [-0.15, -0.1) is 0 Å². The van der Waals surface area contributed by atoms with Crippen molar-refractivity contribution in [2.45, 2.75) is 13.3 Å². The van der Waals surface area contributed by atoms with Gasteiger partial charge in [0.05, 0.1) is 0 Å². The summed E-state index contributed by atoms with van der Waals surface area (Å²) in [5.41, 5.74) is 0. The van der Waals surface area contributed by atoms with Gasteiger partial charge in [0.15, 0.2) is 0 Å². The Balaban J connectivity index is 1.80. The summed E-state index contributed by atoms with van der Waals surface area (Å²) in [5, 5.41) is 6.55. The van der Waals surface area contributed by atoms with E-state index in [1.54, 1.807) is 0 Å². The highest BCUT2D eigenvalue weighted by atomic mass is 35.5. The molecule has 1 aromatic heterocycles. The van der Waals surface area contributed by atoms with Gasteiger partial charge in [0.2, 0.25) is 17.2 Å². The van der Waals surface area contributed by atoms with Crippen LogP contribution in [-0.2, 0) is 0 Å². The van der Waals surface area contributed by atoms with Crippen LogP contribution in [-0.4, -0.2) is 64.1 Å². The molecule has 1 saturated heterocycles. The highest BCUT2D eigenvalue weighted by molar-refractivity contribution is 7.99. The molecule has 1 fully saturated rings. The van der Waals surface area contributed by atoms with E-state index in [1.165, 1.54) is 11.5 Å². The summed E-state index contributed by atoms with van der Waals surface area (Å²) in [5.74, 6) is 3.52. The molecule has 2 N–H and O–H groups in total. The van der Waals surface area contributed by atoms with Gasteiger partial charge in [-0.3, -0.25) is 4.90 Å². The second-order valence-corrected chi connectivity index (χ2v) is 6.12. The van der Waals surface area contributed by atoms with Crippen LogP contribution < -0.4 is 10.6 Å². The Morgan fingerprint density at radius 1 is 1.10 bits per heavy atom. The van der Waals surface area contributed by atoms with Gasteiger partial charge in [-0.1, -0.05) is 6.92 Å². The molecule has 1 aliphatic heterocycles. The second-order valence-electron chi connectivity index (χ2n) is 4.56. The minimum absolute atomic E-state index is 0.218. The molecule has 0 atom stereocenters. The SMILES string of the molecule is CCCNc1nc(Cl)nc(NCCN2CCSCC2)n1. The summed E-state index contributed by atoms with van der Waals surface area (Å²) in [4.78, 5) is 14.9. The van der Waals surface area contributed by atoms with Gasteiger partial charge in [-0.25, -0.2) is 0 Å². The Bertz CT molecular complexity index is 413. The molecule has 8 heteroatoms. The first-order valence-electron chi connectivity index (χ1n) is 6.97. The molecule has 0 aromatic carbocycles. The van der Waals surface area contributed by atoms with Crippen LogP contribution in [0.15, 0.2) is 0 Å². The van der Waals surface area contributed by atoms with Crippen LogP contribution in [0.3, 0.4) is 0 Å². The van der Waals surface area contributed by atoms with Crippen molar-refractivity contribution >= 4 is 35.3 Å². The lowest BCUT2D eigenvalue weighted by atomic mass is 10.4. The first kappa shape index (κ1) is 15.6. The van der Waals surface area contributed by atoms with E-state index in [0.717, 1.165) is 39.1 Å². The van der Waals surface area contributed by atoms with Crippen LogP contribution in [0.5, 0.6) is 0 Å². The number of hydrogen-bond donors (Lipinski definition) is 2. The minimum atomic E-state index is 0.218. The monoisotopic (exact) mass is 316 g/mol. The summed E-state index contributed by atoms with van der Waals surface area (Å²) < 4.78 is 0. The molecular formula is C12H21ClN6S. The Labute approximate surface area is 129 Å². The zero-order valence-electron chi connectivity index (χ0n) is 11.7. The van der Waals surface area contributed by atoms with Crippen molar-refractivity contribution in [2.24, 2.45) is 0 Å². The third-order valence-corrected chi connectivity index (χ3v) is 4.07. The van der Waals surface area contributed by atoms with Crippen molar-refractivity contribution in [1.82, 2.24) is 19.9 Å². The molecule has 0 radical (unpaired) electrons. The summed E-state index contributed by atoms with van der Waals surface area (Å²) in [6.07, 6.45) is 1.01. The van der Waals surface area contributed by atoms with Gasteiger partial charge < -0.3 is 10.6 Å². The van der Waals surface area contributed by atoms with Crippen LogP contribution in [0, 0.1) is 0 Å². The molecule has 1 aromatic rings. The normalized spacial score (nSPS) is 16.1. The highest BCUT2D eigenvalue weighted by Gasteiger charge is 2.10. The van der Waals surface area contributed by atoms with E-state index in [1.807, 2.05) is 11.8 Å². The molecule has 1 aliphatic rings. The predicted molar refractivity (Wildman–Crippen MR) is 85.9 cm³/mol. The number of aromatic nitrogens is 3. The molecule has 0 unspecified atom stereocenters. The fourth-order valence-corrected chi connectivity index (χ4v) is 3.03. The highest BCUT2D eigenvalue weighted by Crippen LogP contribution is 2.10. The van der Waals surface area contributed by atoms with Crippen LogP contribution in [0.2, 0.25) is 5.28 Å². The van der Waals surface area contributed by atoms with E-state index < -0.39 is 0 Å². The van der Waals surface area contributed by atoms with Crippen molar-refractivity contribution in [1.29, 1.82) is 0 Å². The fraction of sp³-hybridized carbons (Fsp3) is 0.750. The Morgan fingerprint density at radius 3 is 2.40 bits per heavy atom. The quantitative estimate of drug-likeness (QED) is 0.795. The van der Waals surface area contributed by atoms with Gasteiger partial charge in [0, 0.05) is 44.2 Å². The molecule has 112 valence electrons. The first-order valence-corrected chi connectivity index (χ1v) is 8.50. The van der Waals surface area contributed by atoms with Gasteiger partial charge in [-0.05, 0) is 18.0 Å². The van der Waals surface area contributed by atoms with E-state index in [9.17, 15) is 0 Å². The van der Waals surface area contributed by atoms with Crippen LogP contribution >= 0.6 is 23.4 Å². The minimum Gasteiger partial charge on any atom is -0.354 e. The molecule has 20 heavy (non-hydrogen) atoms. The third-order valence-electron chi connectivity index (χ3n) is 2.96. The molecule has 0 aliphatic carbocycles. The van der Waals surface area contributed by atoms with Crippen molar-refractivity contribution in [3.63, 3.8) is 0 Å². The van der Waals surface area contributed by atoms with Gasteiger partial charge in [0.25, 0.3) is 0 Å². The maximum atomic E-state index is 5.90. The maximum absolute atomic E-state index is 5.90. The van der Waals surface area contributed by atoms with Gasteiger partial charge >= 0.3 is 0 Å². The lowest BCUT2D eigenvalue weighted by molar-refractivity contribution is 0.314. The molecular weight excluding hydrogens is 296 g/mol. The number of nitrogens with zero attached hydrogens (tertiary/aromatic N) is 4. The van der Waals surface area contributed by atoms with E-state index in [0.29, 0.717) is 11.9 Å². The molecule has 0 bridgehead atoms. The number of anilines is 2. The third kappa shape index (κ3) is 5.30. The Kier molecular flexibility index (Phi) is 6.62. The topological polar surface area (TPSA) is 66.0 Å². The van der Waals surface area contributed by atoms with Crippen molar-refractivity contribution in [3.05, 3.63) is 5.28 Å². The molecule has 2 heterocycles. The van der Waals surface area contributed by atoms with Crippen molar-refractivity contribution in [3.8, 4) is 0 Å². The molecule has 6 nitrogen and oxygen atoms in total. The standard InChI is InChI=1S/C12H21ClN6S/c1-2-3-14-11-16-10(13)17-12(18-11)15-4-5-19-6-8-20-9-7-19/h2-9H2,1H3,(H2,14,15,16,17,18). The number of thioether (sulfide) groups is 1. The predicted octanol–water partition coefficient (Wildman–Crippen LogP) is 1.81. The number of rotatable bonds is 7. The van der Waals surface area contributed by atoms with Gasteiger partial charge in [0.1, 0.15) is 0 Å². The second kappa shape index (κ2) is 8.49. The number of hydrogen-bond acceptors (Lipinski definition) is 7. The average Bonchev–Trinajstić information content (AvgIpc) is 2.46. The molecule has 0 spiro atoms. The molecule has 2 rings (SSSR count). The zero-order chi connectivity index (χ0) is 14.2. The summed E-state index contributed by atoms with van der Waals surface area (Å²) in [6, 6.07) is 0. The summed E-state index contributed by atoms with van der Waals surface area (Å²) >= 11 is 7.92. The first-order chi connectivity index (χ1) is 9.78. The number of halogens is 1. The number of nitrogens with one attached hydrogen (secondary N) is 2. The van der Waals surface area contributed by atoms with Gasteiger partial charge in [-0.2, -0.15) is 26.7 Å². The van der Waals surface area contributed by atoms with Crippen molar-refractivity contribution < 1.29 is 0 Å². The van der Waals surface area contributed by atoms with Crippen LogP contribution in [0.25, 0.3) is 0 Å². The van der Waals surface area contributed by atoms with E-state index in [2.05, 4.69) is 37.4 Å². The largest absolute Gasteiger partial charge is 0.354 e. The maximum Gasteiger partial charge on any atom is 0.228 e. The van der Waals surface area contributed by atoms with Crippen LogP contribution in [0.4, 0.5) is 11.9 Å². The van der Waals surface area contributed by atoms with Crippen molar-refractivity contribution in [2.75, 3.05) is 54.9 Å². The van der Waals surface area contributed by atoms with E-state index in [4.69, 9.17) is 11.6 Å². The molecule has 0 amide bonds. The van der Waals surface area contributed by atoms with E-state index >= 15 is 0 Å². The lowest BCUT2D eigenvalue weighted by Gasteiger charge is -2.25. The lowest BCUT2D eigenvalue weighted by Crippen LogP contribution is -2.36.